The Bertz CT molecular complexity index is 284. The number of aliphatic hydroxyl groups is 1. The molecule has 0 spiro atoms. The van der Waals surface area contributed by atoms with Gasteiger partial charge in [-0.1, -0.05) is 12.1 Å². The summed E-state index contributed by atoms with van der Waals surface area (Å²) in [5.74, 6) is 0.771. The monoisotopic (exact) mass is 210 g/mol. The van der Waals surface area contributed by atoms with Crippen LogP contribution in [0, 0.1) is 0 Å². The predicted molar refractivity (Wildman–Crippen MR) is 59.1 cm³/mol. The van der Waals surface area contributed by atoms with Gasteiger partial charge in [0.2, 0.25) is 0 Å². The normalized spacial score (nSPS) is 12.5. The first-order valence-electron chi connectivity index (χ1n) is 5.22. The third-order valence-electron chi connectivity index (χ3n) is 2.04. The molecule has 1 aromatic carbocycles. The Hall–Kier alpha value is -1.06. The summed E-state index contributed by atoms with van der Waals surface area (Å²) in [6, 6.07) is 7.46. The maximum Gasteiger partial charge on any atom is 0.119 e. The van der Waals surface area contributed by atoms with E-state index in [9.17, 15) is 5.11 Å². The quantitative estimate of drug-likeness (QED) is 0.731. The van der Waals surface area contributed by atoms with Gasteiger partial charge in [-0.2, -0.15) is 0 Å². The van der Waals surface area contributed by atoms with E-state index < -0.39 is 6.10 Å². The smallest absolute Gasteiger partial charge is 0.119 e. The summed E-state index contributed by atoms with van der Waals surface area (Å²) in [7, 11) is 0. The lowest BCUT2D eigenvalue weighted by molar-refractivity contribution is 0.110. The molecule has 0 saturated carbocycles. The van der Waals surface area contributed by atoms with Crippen LogP contribution in [0.15, 0.2) is 24.3 Å². The van der Waals surface area contributed by atoms with Crippen molar-refractivity contribution in [3.8, 4) is 5.75 Å². The van der Waals surface area contributed by atoms with Crippen LogP contribution in [0.2, 0.25) is 0 Å². The fourth-order valence-electron chi connectivity index (χ4n) is 1.23. The standard InChI is InChI=1S/C12H18O3/c1-3-14-7-8-15-12-6-4-5-11(9-12)10(2)13/h4-6,9-10,13H,3,7-8H2,1-2H3. The predicted octanol–water partition coefficient (Wildman–Crippen LogP) is 2.16. The van der Waals surface area contributed by atoms with Crippen molar-refractivity contribution in [3.63, 3.8) is 0 Å². The van der Waals surface area contributed by atoms with Gasteiger partial charge < -0.3 is 14.6 Å². The summed E-state index contributed by atoms with van der Waals surface area (Å²) in [6.45, 7) is 5.52. The maximum absolute atomic E-state index is 9.38. The third-order valence-corrected chi connectivity index (χ3v) is 2.04. The van der Waals surface area contributed by atoms with Crippen molar-refractivity contribution in [1.29, 1.82) is 0 Å². The van der Waals surface area contributed by atoms with Crippen LogP contribution in [0.4, 0.5) is 0 Å². The van der Waals surface area contributed by atoms with E-state index in [0.717, 1.165) is 11.3 Å². The fourth-order valence-corrected chi connectivity index (χ4v) is 1.23. The Balaban J connectivity index is 2.43. The highest BCUT2D eigenvalue weighted by Gasteiger charge is 2.01. The van der Waals surface area contributed by atoms with Crippen LogP contribution >= 0.6 is 0 Å². The van der Waals surface area contributed by atoms with Crippen LogP contribution < -0.4 is 4.74 Å². The Morgan fingerprint density at radius 1 is 1.33 bits per heavy atom. The van der Waals surface area contributed by atoms with E-state index in [4.69, 9.17) is 9.47 Å². The third kappa shape index (κ3) is 4.32. The van der Waals surface area contributed by atoms with Gasteiger partial charge in [-0.05, 0) is 31.5 Å². The molecule has 1 unspecified atom stereocenters. The molecule has 0 radical (unpaired) electrons. The molecule has 0 bridgehead atoms. The molecule has 0 aliphatic rings. The number of ether oxygens (including phenoxy) is 2. The molecule has 0 heterocycles. The Labute approximate surface area is 90.6 Å². The molecular formula is C12H18O3. The molecule has 0 fully saturated rings. The Kier molecular flexibility index (Phi) is 5.15. The largest absolute Gasteiger partial charge is 0.491 e. The van der Waals surface area contributed by atoms with Crippen molar-refractivity contribution in [2.24, 2.45) is 0 Å². The molecule has 15 heavy (non-hydrogen) atoms. The number of rotatable bonds is 6. The van der Waals surface area contributed by atoms with E-state index >= 15 is 0 Å². The first kappa shape index (κ1) is 12.0. The Morgan fingerprint density at radius 3 is 2.80 bits per heavy atom. The van der Waals surface area contributed by atoms with Crippen molar-refractivity contribution in [1.82, 2.24) is 0 Å². The zero-order valence-electron chi connectivity index (χ0n) is 9.27. The second-order valence-corrected chi connectivity index (χ2v) is 3.29. The van der Waals surface area contributed by atoms with Crippen molar-refractivity contribution < 1.29 is 14.6 Å². The minimum absolute atomic E-state index is 0.458. The molecule has 0 saturated heterocycles. The number of hydrogen-bond acceptors (Lipinski definition) is 3. The van der Waals surface area contributed by atoms with Gasteiger partial charge in [0.05, 0.1) is 12.7 Å². The molecular weight excluding hydrogens is 192 g/mol. The van der Waals surface area contributed by atoms with Gasteiger partial charge in [0, 0.05) is 6.61 Å². The van der Waals surface area contributed by atoms with Crippen LogP contribution in [0.5, 0.6) is 5.75 Å². The molecule has 1 aromatic rings. The lowest BCUT2D eigenvalue weighted by Gasteiger charge is -2.09. The molecule has 1 N–H and O–H groups in total. The summed E-state index contributed by atoms with van der Waals surface area (Å²) >= 11 is 0. The molecule has 1 atom stereocenters. The minimum atomic E-state index is -0.458. The number of hydrogen-bond donors (Lipinski definition) is 1. The van der Waals surface area contributed by atoms with Crippen LogP contribution in [-0.4, -0.2) is 24.9 Å². The SMILES string of the molecule is CCOCCOc1cccc(C(C)O)c1. The van der Waals surface area contributed by atoms with Crippen molar-refractivity contribution in [2.45, 2.75) is 20.0 Å². The molecule has 0 aliphatic heterocycles. The average molecular weight is 210 g/mol. The van der Waals surface area contributed by atoms with Crippen molar-refractivity contribution in [2.75, 3.05) is 19.8 Å². The minimum Gasteiger partial charge on any atom is -0.491 e. The topological polar surface area (TPSA) is 38.7 Å². The second-order valence-electron chi connectivity index (χ2n) is 3.29. The molecule has 84 valence electrons. The lowest BCUT2D eigenvalue weighted by atomic mass is 10.1. The summed E-state index contributed by atoms with van der Waals surface area (Å²) in [6.07, 6.45) is -0.458. The highest BCUT2D eigenvalue weighted by Crippen LogP contribution is 2.18. The summed E-state index contributed by atoms with van der Waals surface area (Å²) in [4.78, 5) is 0. The highest BCUT2D eigenvalue weighted by molar-refractivity contribution is 5.29. The molecule has 1 rings (SSSR count). The number of aliphatic hydroxyl groups excluding tert-OH is 1. The van der Waals surface area contributed by atoms with Gasteiger partial charge in [0.15, 0.2) is 0 Å². The zero-order chi connectivity index (χ0) is 11.1. The second kappa shape index (κ2) is 6.43. The lowest BCUT2D eigenvalue weighted by Crippen LogP contribution is -2.06. The van der Waals surface area contributed by atoms with Gasteiger partial charge in [-0.25, -0.2) is 0 Å². The van der Waals surface area contributed by atoms with Gasteiger partial charge in [-0.15, -0.1) is 0 Å². The van der Waals surface area contributed by atoms with Crippen LogP contribution in [0.25, 0.3) is 0 Å². The van der Waals surface area contributed by atoms with E-state index in [1.54, 1.807) is 6.92 Å². The van der Waals surface area contributed by atoms with Crippen LogP contribution in [-0.2, 0) is 4.74 Å². The first-order valence-corrected chi connectivity index (χ1v) is 5.22. The van der Waals surface area contributed by atoms with Gasteiger partial charge >= 0.3 is 0 Å². The van der Waals surface area contributed by atoms with E-state index in [2.05, 4.69) is 0 Å². The number of benzene rings is 1. The van der Waals surface area contributed by atoms with Crippen LogP contribution in [0.1, 0.15) is 25.5 Å². The zero-order valence-corrected chi connectivity index (χ0v) is 9.27. The van der Waals surface area contributed by atoms with E-state index in [-0.39, 0.29) is 0 Å². The van der Waals surface area contributed by atoms with E-state index in [1.165, 1.54) is 0 Å². The molecule has 0 aliphatic carbocycles. The van der Waals surface area contributed by atoms with Gasteiger partial charge in [0.25, 0.3) is 0 Å². The fraction of sp³-hybridized carbons (Fsp3) is 0.500. The summed E-state index contributed by atoms with van der Waals surface area (Å²) in [5, 5.41) is 9.38. The molecule has 0 amide bonds. The first-order chi connectivity index (χ1) is 7.24. The summed E-state index contributed by atoms with van der Waals surface area (Å²) in [5.41, 5.74) is 0.865. The Morgan fingerprint density at radius 2 is 2.13 bits per heavy atom. The molecule has 3 nitrogen and oxygen atoms in total. The highest BCUT2D eigenvalue weighted by atomic mass is 16.5. The molecule has 0 aromatic heterocycles. The molecule has 3 heteroatoms. The van der Waals surface area contributed by atoms with Crippen molar-refractivity contribution >= 4 is 0 Å². The van der Waals surface area contributed by atoms with E-state index in [0.29, 0.717) is 19.8 Å². The summed E-state index contributed by atoms with van der Waals surface area (Å²) < 4.78 is 10.6. The maximum atomic E-state index is 9.38. The van der Waals surface area contributed by atoms with E-state index in [1.807, 2.05) is 31.2 Å². The van der Waals surface area contributed by atoms with Crippen LogP contribution in [0.3, 0.4) is 0 Å². The van der Waals surface area contributed by atoms with Gasteiger partial charge in [0.1, 0.15) is 12.4 Å². The average Bonchev–Trinajstić information content (AvgIpc) is 2.25. The van der Waals surface area contributed by atoms with Gasteiger partial charge in [-0.3, -0.25) is 0 Å². The van der Waals surface area contributed by atoms with Crippen molar-refractivity contribution in [3.05, 3.63) is 29.8 Å².